The van der Waals surface area contributed by atoms with Gasteiger partial charge in [0.15, 0.2) is 0 Å². The minimum Gasteiger partial charge on any atom is -0.387 e. The fourth-order valence-corrected chi connectivity index (χ4v) is 2.88. The molecule has 1 aromatic rings. The summed E-state index contributed by atoms with van der Waals surface area (Å²) >= 11 is 0. The molecule has 3 unspecified atom stereocenters. The zero-order valence-electron chi connectivity index (χ0n) is 12.3. The minimum atomic E-state index is -0.419. The molecule has 0 amide bonds. The van der Waals surface area contributed by atoms with E-state index in [1.807, 2.05) is 30.3 Å². The van der Waals surface area contributed by atoms with Crippen LogP contribution < -0.4 is 0 Å². The highest BCUT2D eigenvalue weighted by atomic mass is 16.3. The lowest BCUT2D eigenvalue weighted by molar-refractivity contribution is 0.0609. The molecule has 0 radical (unpaired) electrons. The Morgan fingerprint density at radius 2 is 2.05 bits per heavy atom. The molecule has 1 aliphatic rings. The third kappa shape index (κ3) is 3.56. The third-order valence-corrected chi connectivity index (χ3v) is 4.46. The van der Waals surface area contributed by atoms with E-state index >= 15 is 0 Å². The summed E-state index contributed by atoms with van der Waals surface area (Å²) in [5.41, 5.74) is 1.00. The highest BCUT2D eigenvalue weighted by Crippen LogP contribution is 2.22. The standard InChI is InChI=1S/C16H26N2O/c1-13(16(19)14-8-5-4-6-9-14)18(3)12-15-10-7-11-17(15)2/h4-6,8-9,13,15-16,19H,7,10-12H2,1-3H3. The van der Waals surface area contributed by atoms with E-state index in [9.17, 15) is 5.11 Å². The molecule has 0 bridgehead atoms. The van der Waals surface area contributed by atoms with Gasteiger partial charge < -0.3 is 10.0 Å². The molecule has 1 aliphatic heterocycles. The lowest BCUT2D eigenvalue weighted by atomic mass is 10.0. The maximum atomic E-state index is 10.4. The Balaban J connectivity index is 1.93. The number of likely N-dealkylation sites (N-methyl/N-ethyl adjacent to an activating group) is 2. The summed E-state index contributed by atoms with van der Waals surface area (Å²) in [5, 5.41) is 10.4. The Morgan fingerprint density at radius 1 is 1.37 bits per heavy atom. The molecular formula is C16H26N2O. The molecule has 3 heteroatoms. The smallest absolute Gasteiger partial charge is 0.0942 e. The molecule has 1 N–H and O–H groups in total. The lowest BCUT2D eigenvalue weighted by Gasteiger charge is -2.33. The maximum Gasteiger partial charge on any atom is 0.0942 e. The van der Waals surface area contributed by atoms with Crippen molar-refractivity contribution in [2.24, 2.45) is 0 Å². The van der Waals surface area contributed by atoms with Crippen molar-refractivity contribution >= 4 is 0 Å². The van der Waals surface area contributed by atoms with E-state index < -0.39 is 6.10 Å². The van der Waals surface area contributed by atoms with Gasteiger partial charge in [-0.3, -0.25) is 4.90 Å². The number of benzene rings is 1. The number of aliphatic hydroxyl groups is 1. The Morgan fingerprint density at radius 3 is 2.63 bits per heavy atom. The molecule has 106 valence electrons. The van der Waals surface area contributed by atoms with Crippen molar-refractivity contribution in [3.8, 4) is 0 Å². The van der Waals surface area contributed by atoms with Gasteiger partial charge in [0.25, 0.3) is 0 Å². The van der Waals surface area contributed by atoms with Crippen LogP contribution in [0.5, 0.6) is 0 Å². The van der Waals surface area contributed by atoms with Crippen LogP contribution in [0.25, 0.3) is 0 Å². The van der Waals surface area contributed by atoms with Crippen LogP contribution in [0.4, 0.5) is 0 Å². The predicted octanol–water partition coefficient (Wildman–Crippen LogP) is 2.13. The average molecular weight is 262 g/mol. The van der Waals surface area contributed by atoms with Gasteiger partial charge in [0.2, 0.25) is 0 Å². The molecule has 0 spiro atoms. The van der Waals surface area contributed by atoms with Gasteiger partial charge in [-0.25, -0.2) is 0 Å². The van der Waals surface area contributed by atoms with Crippen molar-refractivity contribution in [2.75, 3.05) is 27.2 Å². The second-order valence-corrected chi connectivity index (χ2v) is 5.81. The van der Waals surface area contributed by atoms with Crippen molar-refractivity contribution < 1.29 is 5.11 Å². The molecule has 1 aromatic carbocycles. The molecule has 2 rings (SSSR count). The maximum absolute atomic E-state index is 10.4. The first-order valence-corrected chi connectivity index (χ1v) is 7.23. The zero-order valence-corrected chi connectivity index (χ0v) is 12.3. The molecule has 3 nitrogen and oxygen atoms in total. The Bertz CT molecular complexity index is 382. The predicted molar refractivity (Wildman–Crippen MR) is 79.1 cm³/mol. The van der Waals surface area contributed by atoms with Crippen LogP contribution >= 0.6 is 0 Å². The highest BCUT2D eigenvalue weighted by molar-refractivity contribution is 5.18. The van der Waals surface area contributed by atoms with Crippen molar-refractivity contribution in [1.29, 1.82) is 0 Å². The zero-order chi connectivity index (χ0) is 13.8. The van der Waals surface area contributed by atoms with Crippen LogP contribution in [0.1, 0.15) is 31.4 Å². The summed E-state index contributed by atoms with van der Waals surface area (Å²) < 4.78 is 0. The number of hydrogen-bond acceptors (Lipinski definition) is 3. The molecule has 19 heavy (non-hydrogen) atoms. The monoisotopic (exact) mass is 262 g/mol. The average Bonchev–Trinajstić information content (AvgIpc) is 2.83. The van der Waals surface area contributed by atoms with Gasteiger partial charge in [0.1, 0.15) is 0 Å². The second kappa shape index (κ2) is 6.51. The highest BCUT2D eigenvalue weighted by Gasteiger charge is 2.26. The number of rotatable bonds is 5. The van der Waals surface area contributed by atoms with Crippen LogP contribution in [-0.4, -0.2) is 54.2 Å². The van der Waals surface area contributed by atoms with E-state index in [4.69, 9.17) is 0 Å². The van der Waals surface area contributed by atoms with Crippen LogP contribution in [0.3, 0.4) is 0 Å². The van der Waals surface area contributed by atoms with Gasteiger partial charge in [-0.05, 0) is 46.0 Å². The van der Waals surface area contributed by atoms with Crippen molar-refractivity contribution in [2.45, 2.75) is 38.0 Å². The number of nitrogens with zero attached hydrogens (tertiary/aromatic N) is 2. The quantitative estimate of drug-likeness (QED) is 0.880. The molecule has 0 aliphatic carbocycles. The van der Waals surface area contributed by atoms with Crippen LogP contribution in [-0.2, 0) is 0 Å². The molecule has 1 heterocycles. The largest absolute Gasteiger partial charge is 0.387 e. The first kappa shape index (κ1) is 14.5. The van der Waals surface area contributed by atoms with Crippen LogP contribution in [0, 0.1) is 0 Å². The van der Waals surface area contributed by atoms with Crippen molar-refractivity contribution in [1.82, 2.24) is 9.80 Å². The molecule has 1 fully saturated rings. The summed E-state index contributed by atoms with van der Waals surface area (Å²) in [6, 6.07) is 10.7. The van der Waals surface area contributed by atoms with Gasteiger partial charge in [0.05, 0.1) is 6.10 Å². The Hall–Kier alpha value is -0.900. The van der Waals surface area contributed by atoms with E-state index in [-0.39, 0.29) is 6.04 Å². The van der Waals surface area contributed by atoms with E-state index in [2.05, 4.69) is 30.8 Å². The van der Waals surface area contributed by atoms with E-state index in [1.54, 1.807) is 0 Å². The third-order valence-electron chi connectivity index (χ3n) is 4.46. The summed E-state index contributed by atoms with van der Waals surface area (Å²) in [6.45, 7) is 4.34. The SMILES string of the molecule is CC(C(O)c1ccccc1)N(C)CC1CCCN1C. The first-order chi connectivity index (χ1) is 9.09. The minimum absolute atomic E-state index is 0.136. The van der Waals surface area contributed by atoms with Gasteiger partial charge >= 0.3 is 0 Å². The van der Waals surface area contributed by atoms with E-state index in [0.717, 1.165) is 12.1 Å². The Labute approximate surface area is 116 Å². The van der Waals surface area contributed by atoms with Crippen molar-refractivity contribution in [3.05, 3.63) is 35.9 Å². The van der Waals surface area contributed by atoms with E-state index in [1.165, 1.54) is 19.4 Å². The second-order valence-electron chi connectivity index (χ2n) is 5.81. The fraction of sp³-hybridized carbons (Fsp3) is 0.625. The number of hydrogen-bond donors (Lipinski definition) is 1. The molecule has 3 atom stereocenters. The molecular weight excluding hydrogens is 236 g/mol. The Kier molecular flexibility index (Phi) is 4.97. The van der Waals surface area contributed by atoms with Crippen LogP contribution in [0.15, 0.2) is 30.3 Å². The summed E-state index contributed by atoms with van der Waals surface area (Å²) in [4.78, 5) is 4.71. The molecule has 0 aromatic heterocycles. The number of aliphatic hydroxyl groups excluding tert-OH is 1. The van der Waals surface area contributed by atoms with Crippen LogP contribution in [0.2, 0.25) is 0 Å². The lowest BCUT2D eigenvalue weighted by Crippen LogP contribution is -2.42. The summed E-state index contributed by atoms with van der Waals surface area (Å²) in [7, 11) is 4.31. The summed E-state index contributed by atoms with van der Waals surface area (Å²) in [6.07, 6.45) is 2.15. The van der Waals surface area contributed by atoms with Crippen molar-refractivity contribution in [3.63, 3.8) is 0 Å². The number of likely N-dealkylation sites (tertiary alicyclic amines) is 1. The first-order valence-electron chi connectivity index (χ1n) is 7.23. The molecule has 1 saturated heterocycles. The van der Waals surface area contributed by atoms with Gasteiger partial charge in [0, 0.05) is 18.6 Å². The van der Waals surface area contributed by atoms with Gasteiger partial charge in [-0.1, -0.05) is 30.3 Å². The summed E-state index contributed by atoms with van der Waals surface area (Å²) in [5.74, 6) is 0. The molecule has 0 saturated carbocycles. The van der Waals surface area contributed by atoms with E-state index in [0.29, 0.717) is 6.04 Å². The van der Waals surface area contributed by atoms with Gasteiger partial charge in [-0.2, -0.15) is 0 Å². The normalized spacial score (nSPS) is 23.7. The van der Waals surface area contributed by atoms with Gasteiger partial charge in [-0.15, -0.1) is 0 Å². The fourth-order valence-electron chi connectivity index (χ4n) is 2.88. The topological polar surface area (TPSA) is 26.7 Å².